The van der Waals surface area contributed by atoms with E-state index in [1.165, 1.54) is 258 Å². The van der Waals surface area contributed by atoms with E-state index in [1.807, 2.05) is 0 Å². The van der Waals surface area contributed by atoms with Crippen molar-refractivity contribution in [3.8, 4) is 0 Å². The van der Waals surface area contributed by atoms with Gasteiger partial charge in [0, 0.05) is 68.8 Å². The molecule has 0 fully saturated rings. The topological polar surface area (TPSA) is 75.6 Å². The lowest BCUT2D eigenvalue weighted by molar-refractivity contribution is 0.598. The number of para-hydroxylation sites is 4. The van der Waals surface area contributed by atoms with E-state index in [2.05, 4.69) is 108 Å². The SMILES string of the molecule is c1ccc2c(CCCCCCCCNc3c4c(nc5ccccc35)CCCC4)c3c(nc2c1)CCCC3.c1ccc2c(CCCCCCCCNc3c4c(nc5ccccc35)CCCC4)c3c(nc2c1)CCCC3. The quantitative estimate of drug-likeness (QED) is 0.0741. The molecule has 2 N–H and O–H groups in total. The van der Waals surface area contributed by atoms with E-state index in [-0.39, 0.29) is 0 Å². The molecule has 0 spiro atoms. The predicted molar refractivity (Wildman–Crippen MR) is 313 cm³/mol. The molecule has 0 atom stereocenters. The largest absolute Gasteiger partial charge is 0.384 e. The van der Waals surface area contributed by atoms with E-state index >= 15 is 0 Å². The lowest BCUT2D eigenvalue weighted by Crippen LogP contribution is -2.12. The van der Waals surface area contributed by atoms with Crippen LogP contribution in [0.5, 0.6) is 0 Å². The number of fused-ring (bicyclic) bond motifs is 8. The number of aromatic nitrogens is 4. The summed E-state index contributed by atoms with van der Waals surface area (Å²) in [5.41, 5.74) is 22.2. The van der Waals surface area contributed by atoms with Crippen molar-refractivity contribution >= 4 is 55.0 Å². The van der Waals surface area contributed by atoms with Crippen molar-refractivity contribution in [3.63, 3.8) is 0 Å². The van der Waals surface area contributed by atoms with Crippen molar-refractivity contribution in [2.45, 2.75) is 193 Å². The fourth-order valence-corrected chi connectivity index (χ4v) is 13.4. The Balaban J connectivity index is 0.000000159. The number of nitrogens with zero attached hydrogens (tertiary/aromatic N) is 4. The van der Waals surface area contributed by atoms with Gasteiger partial charge in [-0.3, -0.25) is 19.9 Å². The number of hydrogen-bond donors (Lipinski definition) is 2. The molecule has 6 nitrogen and oxygen atoms in total. The highest BCUT2D eigenvalue weighted by Gasteiger charge is 2.22. The van der Waals surface area contributed by atoms with E-state index in [4.69, 9.17) is 19.9 Å². The molecule has 12 rings (SSSR count). The zero-order valence-electron chi connectivity index (χ0n) is 44.7. The molecule has 4 heterocycles. The van der Waals surface area contributed by atoms with Gasteiger partial charge in [0.2, 0.25) is 0 Å². The molecule has 4 aliphatic rings. The maximum Gasteiger partial charge on any atom is 0.0726 e. The van der Waals surface area contributed by atoms with Crippen LogP contribution in [0, 0.1) is 0 Å². The van der Waals surface area contributed by atoms with Crippen molar-refractivity contribution in [2.24, 2.45) is 0 Å². The molecule has 0 radical (unpaired) electrons. The second-order valence-electron chi connectivity index (χ2n) is 22.3. The Labute approximate surface area is 442 Å². The number of benzene rings is 4. The summed E-state index contributed by atoms with van der Waals surface area (Å²) in [6.45, 7) is 2.13. The number of pyridine rings is 4. The number of anilines is 2. The van der Waals surface area contributed by atoms with Crippen LogP contribution in [0.2, 0.25) is 0 Å². The third kappa shape index (κ3) is 11.8. The summed E-state index contributed by atoms with van der Waals surface area (Å²) in [4.78, 5) is 20.0. The molecular formula is C68H82N6. The summed E-state index contributed by atoms with van der Waals surface area (Å²) in [6.07, 6.45) is 38.0. The molecule has 0 aliphatic heterocycles. The molecule has 0 saturated heterocycles. The Morgan fingerprint density at radius 3 is 0.959 bits per heavy atom. The average molecular weight is 983 g/mol. The van der Waals surface area contributed by atoms with Crippen molar-refractivity contribution < 1.29 is 0 Å². The summed E-state index contributed by atoms with van der Waals surface area (Å²) in [5.74, 6) is 0. The number of hydrogen-bond acceptors (Lipinski definition) is 6. The molecule has 4 aromatic carbocycles. The zero-order chi connectivity index (χ0) is 49.7. The molecule has 8 aromatic rings. The third-order valence-corrected chi connectivity index (χ3v) is 17.2. The van der Waals surface area contributed by atoms with Gasteiger partial charge in [-0.15, -0.1) is 0 Å². The normalized spacial score (nSPS) is 15.0. The zero-order valence-corrected chi connectivity index (χ0v) is 44.7. The number of aryl methyl sites for hydroxylation is 6. The van der Waals surface area contributed by atoms with Crippen LogP contribution in [0.15, 0.2) is 97.1 Å². The Bertz CT molecular complexity index is 2750. The van der Waals surface area contributed by atoms with Gasteiger partial charge in [0.15, 0.2) is 0 Å². The summed E-state index contributed by atoms with van der Waals surface area (Å²) in [6, 6.07) is 35.0. The second-order valence-corrected chi connectivity index (χ2v) is 22.3. The minimum atomic E-state index is 1.07. The van der Waals surface area contributed by atoms with Gasteiger partial charge in [-0.25, -0.2) is 0 Å². The van der Waals surface area contributed by atoms with Crippen LogP contribution in [0.4, 0.5) is 11.4 Å². The van der Waals surface area contributed by atoms with Gasteiger partial charge in [-0.05, 0) is 199 Å². The first-order chi connectivity index (χ1) is 36.8. The van der Waals surface area contributed by atoms with Crippen LogP contribution in [-0.2, 0) is 64.2 Å². The lowest BCUT2D eigenvalue weighted by Gasteiger charge is -2.21. The predicted octanol–water partition coefficient (Wildman–Crippen LogP) is 17.1. The van der Waals surface area contributed by atoms with Crippen molar-refractivity contribution in [1.82, 2.24) is 19.9 Å². The van der Waals surface area contributed by atoms with Crippen LogP contribution >= 0.6 is 0 Å². The minimum Gasteiger partial charge on any atom is -0.384 e. The molecule has 4 aromatic heterocycles. The van der Waals surface area contributed by atoms with Gasteiger partial charge in [-0.1, -0.05) is 124 Å². The van der Waals surface area contributed by atoms with Crippen molar-refractivity contribution in [1.29, 1.82) is 0 Å². The maximum atomic E-state index is 5.02. The highest BCUT2D eigenvalue weighted by atomic mass is 14.9. The molecule has 0 unspecified atom stereocenters. The van der Waals surface area contributed by atoms with Crippen LogP contribution in [-0.4, -0.2) is 33.0 Å². The average Bonchev–Trinajstić information content (AvgIpc) is 3.45. The minimum absolute atomic E-state index is 1.07. The number of rotatable bonds is 20. The fourth-order valence-electron chi connectivity index (χ4n) is 13.4. The van der Waals surface area contributed by atoms with Crippen molar-refractivity contribution in [3.05, 3.63) is 153 Å². The first-order valence-electron chi connectivity index (χ1n) is 29.8. The molecule has 74 heavy (non-hydrogen) atoms. The third-order valence-electron chi connectivity index (χ3n) is 17.2. The number of unbranched alkanes of at least 4 members (excludes halogenated alkanes) is 10. The first-order valence-corrected chi connectivity index (χ1v) is 29.8. The molecule has 384 valence electrons. The van der Waals surface area contributed by atoms with Crippen LogP contribution in [0.3, 0.4) is 0 Å². The van der Waals surface area contributed by atoms with E-state index in [1.54, 1.807) is 22.3 Å². The van der Waals surface area contributed by atoms with Gasteiger partial charge in [0.05, 0.1) is 22.1 Å². The van der Waals surface area contributed by atoms with Gasteiger partial charge in [0.1, 0.15) is 0 Å². The summed E-state index contributed by atoms with van der Waals surface area (Å²) >= 11 is 0. The van der Waals surface area contributed by atoms with E-state index in [0.717, 1.165) is 37.0 Å². The number of nitrogens with one attached hydrogen (secondary N) is 2. The highest BCUT2D eigenvalue weighted by Crippen LogP contribution is 2.36. The lowest BCUT2D eigenvalue weighted by atomic mass is 9.87. The van der Waals surface area contributed by atoms with Gasteiger partial charge in [0.25, 0.3) is 0 Å². The summed E-state index contributed by atoms with van der Waals surface area (Å²) in [5, 5.41) is 13.1. The van der Waals surface area contributed by atoms with Gasteiger partial charge >= 0.3 is 0 Å². The first kappa shape index (κ1) is 50.3. The monoisotopic (exact) mass is 983 g/mol. The molecule has 0 amide bonds. The molecule has 6 heteroatoms. The second kappa shape index (κ2) is 25.1. The molecule has 4 aliphatic carbocycles. The fraction of sp³-hybridized carbons (Fsp3) is 0.471. The van der Waals surface area contributed by atoms with Crippen LogP contribution < -0.4 is 10.6 Å². The van der Waals surface area contributed by atoms with Crippen LogP contribution in [0.25, 0.3) is 43.6 Å². The Morgan fingerprint density at radius 2 is 0.568 bits per heavy atom. The Kier molecular flexibility index (Phi) is 17.1. The van der Waals surface area contributed by atoms with Crippen molar-refractivity contribution in [2.75, 3.05) is 23.7 Å². The van der Waals surface area contributed by atoms with E-state index in [0.29, 0.717) is 0 Å². The highest BCUT2D eigenvalue weighted by molar-refractivity contribution is 5.94. The van der Waals surface area contributed by atoms with E-state index in [9.17, 15) is 0 Å². The molecular weight excluding hydrogens is 901 g/mol. The van der Waals surface area contributed by atoms with Crippen LogP contribution in [0.1, 0.15) is 185 Å². The van der Waals surface area contributed by atoms with Gasteiger partial charge in [-0.2, -0.15) is 0 Å². The van der Waals surface area contributed by atoms with Gasteiger partial charge < -0.3 is 10.6 Å². The summed E-state index contributed by atoms with van der Waals surface area (Å²) < 4.78 is 0. The van der Waals surface area contributed by atoms with E-state index < -0.39 is 0 Å². The maximum absolute atomic E-state index is 5.02. The Hall–Kier alpha value is -5.88. The molecule has 0 saturated carbocycles. The standard InChI is InChI=1S/2C34H41N3/c2*1(3-5-15-25-26-16-6-10-20-30(26)36-31-21-11-7-17-27(25)31)2-4-14-24-35-34-28-18-8-12-22-32(28)37-33-23-13-9-19-29(33)34/h2*6,8,10,12,16,18,20,22H,1-5,7,9,11,13-15,17,19,21,23-24H2,(H,35,37). The summed E-state index contributed by atoms with van der Waals surface area (Å²) in [7, 11) is 0. The smallest absolute Gasteiger partial charge is 0.0726 e. The Morgan fingerprint density at radius 1 is 0.284 bits per heavy atom. The molecule has 0 bridgehead atoms.